The molecule has 0 heterocycles. The Bertz CT molecular complexity index is 192. The van der Waals surface area contributed by atoms with Crippen molar-refractivity contribution in [1.82, 2.24) is 0 Å². The fourth-order valence-corrected chi connectivity index (χ4v) is 0.896. The SMILES string of the molecule is COC1=CC(=S)CC=C1.[H-].[H-].[Mg+2]. The molecule has 1 aliphatic carbocycles. The molecule has 0 radical (unpaired) electrons. The molecule has 0 aromatic carbocycles. The number of rotatable bonds is 1. The quantitative estimate of drug-likeness (QED) is 0.433. The number of hydrogen-bond acceptors (Lipinski definition) is 2. The Morgan fingerprint density at radius 3 is 2.80 bits per heavy atom. The Morgan fingerprint density at radius 2 is 2.40 bits per heavy atom. The molecule has 0 aromatic heterocycles. The van der Waals surface area contributed by atoms with Crippen molar-refractivity contribution < 1.29 is 7.59 Å². The second kappa shape index (κ2) is 4.88. The second-order valence-corrected chi connectivity index (χ2v) is 2.35. The molecule has 0 bridgehead atoms. The van der Waals surface area contributed by atoms with Gasteiger partial charge in [0.15, 0.2) is 0 Å². The Morgan fingerprint density at radius 1 is 1.70 bits per heavy atom. The average molecular weight is 167 g/mol. The molecular weight excluding hydrogens is 156 g/mol. The van der Waals surface area contributed by atoms with Gasteiger partial charge in [-0.1, -0.05) is 18.3 Å². The van der Waals surface area contributed by atoms with E-state index in [2.05, 4.69) is 0 Å². The Balaban J connectivity index is -0.000000270. The predicted octanol–water partition coefficient (Wildman–Crippen LogP) is 1.69. The van der Waals surface area contributed by atoms with Gasteiger partial charge in [-0.15, -0.1) is 0 Å². The molecule has 52 valence electrons. The van der Waals surface area contributed by atoms with Crippen LogP contribution in [-0.2, 0) is 4.74 Å². The van der Waals surface area contributed by atoms with Gasteiger partial charge in [0, 0.05) is 11.3 Å². The molecule has 1 rings (SSSR count). The summed E-state index contributed by atoms with van der Waals surface area (Å²) in [6.45, 7) is 0. The van der Waals surface area contributed by atoms with E-state index in [0.717, 1.165) is 17.0 Å². The van der Waals surface area contributed by atoms with Crippen LogP contribution in [0.25, 0.3) is 0 Å². The predicted molar refractivity (Wildman–Crippen MR) is 49.4 cm³/mol. The van der Waals surface area contributed by atoms with Crippen LogP contribution in [0.1, 0.15) is 9.27 Å². The molecule has 0 unspecified atom stereocenters. The molecule has 0 spiro atoms. The van der Waals surface area contributed by atoms with Crippen molar-refractivity contribution in [3.05, 3.63) is 24.0 Å². The molecule has 0 aromatic rings. The van der Waals surface area contributed by atoms with E-state index in [4.69, 9.17) is 17.0 Å². The van der Waals surface area contributed by atoms with E-state index in [1.54, 1.807) is 7.11 Å². The van der Waals surface area contributed by atoms with E-state index in [0.29, 0.717) is 0 Å². The number of methoxy groups -OCH3 is 1. The number of ether oxygens (including phenoxy) is 1. The third-order valence-corrected chi connectivity index (χ3v) is 1.42. The third-order valence-electron chi connectivity index (χ3n) is 1.14. The standard InChI is InChI=1S/C7H8OS.Mg.2H/c1-8-6-3-2-4-7(9)5-6;;;/h2-3,5H,4H2,1H3;;;/q;+2;2*-1. The van der Waals surface area contributed by atoms with Gasteiger partial charge in [-0.2, -0.15) is 0 Å². The first kappa shape index (κ1) is 10.1. The molecule has 0 atom stereocenters. The monoisotopic (exact) mass is 166 g/mol. The summed E-state index contributed by atoms with van der Waals surface area (Å²) >= 11 is 4.94. The molecule has 0 N–H and O–H groups in total. The Hall–Kier alpha value is 0.136. The van der Waals surface area contributed by atoms with Gasteiger partial charge in [0.05, 0.1) is 7.11 Å². The van der Waals surface area contributed by atoms with Gasteiger partial charge in [-0.25, -0.2) is 0 Å². The molecule has 1 aliphatic rings. The fourth-order valence-electron chi connectivity index (χ4n) is 0.684. The first-order valence-corrected chi connectivity index (χ1v) is 3.19. The van der Waals surface area contributed by atoms with E-state index >= 15 is 0 Å². The Labute approximate surface area is 85.3 Å². The zero-order chi connectivity index (χ0) is 6.69. The van der Waals surface area contributed by atoms with E-state index < -0.39 is 0 Å². The summed E-state index contributed by atoms with van der Waals surface area (Å²) < 4.78 is 4.95. The van der Waals surface area contributed by atoms with Crippen molar-refractivity contribution in [2.45, 2.75) is 6.42 Å². The van der Waals surface area contributed by atoms with Crippen molar-refractivity contribution in [1.29, 1.82) is 0 Å². The molecular formula is C7H10MgOS. The van der Waals surface area contributed by atoms with Gasteiger partial charge >= 0.3 is 23.1 Å². The molecule has 10 heavy (non-hydrogen) atoms. The van der Waals surface area contributed by atoms with Crippen LogP contribution < -0.4 is 0 Å². The van der Waals surface area contributed by atoms with Crippen LogP contribution in [-0.4, -0.2) is 35.0 Å². The van der Waals surface area contributed by atoms with E-state index in [1.807, 2.05) is 18.2 Å². The Kier molecular flexibility index (Phi) is 4.94. The first-order chi connectivity index (χ1) is 4.33. The van der Waals surface area contributed by atoms with Gasteiger partial charge in [0.2, 0.25) is 0 Å². The van der Waals surface area contributed by atoms with Gasteiger partial charge < -0.3 is 7.59 Å². The van der Waals surface area contributed by atoms with Crippen molar-refractivity contribution in [3.63, 3.8) is 0 Å². The molecule has 3 heteroatoms. The summed E-state index contributed by atoms with van der Waals surface area (Å²) in [4.78, 5) is 0.939. The average Bonchev–Trinajstić information content (AvgIpc) is 1.88. The van der Waals surface area contributed by atoms with Crippen molar-refractivity contribution in [3.8, 4) is 0 Å². The van der Waals surface area contributed by atoms with Gasteiger partial charge in [-0.05, 0) is 12.2 Å². The maximum Gasteiger partial charge on any atom is 2.00 e. The van der Waals surface area contributed by atoms with Crippen LogP contribution in [0.4, 0.5) is 0 Å². The van der Waals surface area contributed by atoms with Gasteiger partial charge in [-0.3, -0.25) is 0 Å². The maximum atomic E-state index is 4.95. The van der Waals surface area contributed by atoms with Gasteiger partial charge in [0.1, 0.15) is 5.76 Å². The summed E-state index contributed by atoms with van der Waals surface area (Å²) in [7, 11) is 1.64. The summed E-state index contributed by atoms with van der Waals surface area (Å²) in [6, 6.07) is 0. The minimum atomic E-state index is 0. The molecule has 0 amide bonds. The topological polar surface area (TPSA) is 9.23 Å². The second-order valence-electron chi connectivity index (χ2n) is 1.82. The molecule has 0 fully saturated rings. The number of thiocarbonyl (C=S) groups is 1. The van der Waals surface area contributed by atoms with E-state index in [9.17, 15) is 0 Å². The molecule has 0 saturated heterocycles. The first-order valence-electron chi connectivity index (χ1n) is 2.78. The molecule has 0 saturated carbocycles. The van der Waals surface area contributed by atoms with Crippen LogP contribution in [0, 0.1) is 0 Å². The molecule has 1 nitrogen and oxygen atoms in total. The summed E-state index contributed by atoms with van der Waals surface area (Å²) in [6.07, 6.45) is 6.68. The largest absolute Gasteiger partial charge is 2.00 e. The van der Waals surface area contributed by atoms with Crippen molar-refractivity contribution in [2.24, 2.45) is 0 Å². The van der Waals surface area contributed by atoms with E-state index in [-0.39, 0.29) is 25.9 Å². The normalized spacial score (nSPS) is 15.7. The third kappa shape index (κ3) is 2.81. The zero-order valence-corrected chi connectivity index (χ0v) is 8.19. The van der Waals surface area contributed by atoms with Crippen LogP contribution in [0.15, 0.2) is 24.0 Å². The zero-order valence-electron chi connectivity index (χ0n) is 7.96. The molecule has 0 aliphatic heterocycles. The van der Waals surface area contributed by atoms with Crippen LogP contribution in [0.2, 0.25) is 0 Å². The number of allylic oxidation sites excluding steroid dienone is 3. The maximum absolute atomic E-state index is 4.95. The van der Waals surface area contributed by atoms with E-state index in [1.165, 1.54) is 0 Å². The van der Waals surface area contributed by atoms with Crippen LogP contribution in [0.3, 0.4) is 0 Å². The smallest absolute Gasteiger partial charge is 1.00 e. The summed E-state index contributed by atoms with van der Waals surface area (Å²) in [5.74, 6) is 0.853. The van der Waals surface area contributed by atoms with Gasteiger partial charge in [0.25, 0.3) is 0 Å². The minimum absolute atomic E-state index is 0. The fraction of sp³-hybridized carbons (Fsp3) is 0.286. The summed E-state index contributed by atoms with van der Waals surface area (Å²) in [5, 5.41) is 0. The summed E-state index contributed by atoms with van der Waals surface area (Å²) in [5.41, 5.74) is 0. The van der Waals surface area contributed by atoms with Crippen molar-refractivity contribution >= 4 is 40.1 Å². The number of hydrogen-bond donors (Lipinski definition) is 0. The van der Waals surface area contributed by atoms with Crippen molar-refractivity contribution in [2.75, 3.05) is 7.11 Å². The van der Waals surface area contributed by atoms with Crippen LogP contribution >= 0.6 is 12.2 Å². The van der Waals surface area contributed by atoms with Crippen LogP contribution in [0.5, 0.6) is 0 Å². The minimum Gasteiger partial charge on any atom is -1.00 e.